The van der Waals surface area contributed by atoms with Crippen LogP contribution in [0.25, 0.3) is 0 Å². The molecule has 0 fully saturated rings. The molecule has 0 bridgehead atoms. The van der Waals surface area contributed by atoms with Gasteiger partial charge in [-0.25, -0.2) is 4.79 Å². The summed E-state index contributed by atoms with van der Waals surface area (Å²) in [7, 11) is 3.55. The second-order valence-electron chi connectivity index (χ2n) is 4.41. The highest BCUT2D eigenvalue weighted by Crippen LogP contribution is 1.98. The number of hydrogen-bond acceptors (Lipinski definition) is 5. The van der Waals surface area contributed by atoms with E-state index >= 15 is 0 Å². The maximum Gasteiger partial charge on any atom is 0.325 e. The van der Waals surface area contributed by atoms with Crippen LogP contribution >= 0.6 is 0 Å². The van der Waals surface area contributed by atoms with E-state index in [4.69, 9.17) is 5.11 Å². The molecule has 0 aliphatic rings. The molecule has 0 spiro atoms. The Morgan fingerprint density at radius 1 is 1.25 bits per heavy atom. The molecule has 0 aromatic carbocycles. The van der Waals surface area contributed by atoms with Crippen molar-refractivity contribution >= 4 is 11.9 Å². The Bertz CT molecular complexity index is 603. The van der Waals surface area contributed by atoms with Gasteiger partial charge in [0.05, 0.1) is 0 Å². The van der Waals surface area contributed by atoms with Crippen molar-refractivity contribution < 1.29 is 14.7 Å². The van der Waals surface area contributed by atoms with Crippen molar-refractivity contribution in [3.05, 3.63) is 32.6 Å². The number of carboxylic acid groups (broad SMARTS) is 1. The Morgan fingerprint density at radius 3 is 2.40 bits per heavy atom. The summed E-state index contributed by atoms with van der Waals surface area (Å²) in [4.78, 5) is 52.2. The van der Waals surface area contributed by atoms with E-state index in [1.165, 1.54) is 0 Å². The highest BCUT2D eigenvalue weighted by molar-refractivity contribution is 5.95. The minimum Gasteiger partial charge on any atom is -0.480 e. The zero-order valence-electron chi connectivity index (χ0n) is 11.2. The number of amides is 1. The predicted octanol–water partition coefficient (Wildman–Crippen LogP) is -1.85. The molecule has 0 atom stereocenters. The molecular weight excluding hydrogens is 268 g/mol. The molecule has 1 rings (SSSR count). The van der Waals surface area contributed by atoms with Crippen LogP contribution in [-0.4, -0.2) is 70.5 Å². The quantitative estimate of drug-likeness (QED) is 0.563. The second-order valence-corrected chi connectivity index (χ2v) is 4.41. The summed E-state index contributed by atoms with van der Waals surface area (Å²) in [5, 5.41) is 8.81. The lowest BCUT2D eigenvalue weighted by molar-refractivity contribution is -0.137. The van der Waals surface area contributed by atoms with Crippen LogP contribution in [0.5, 0.6) is 0 Å². The fourth-order valence-corrected chi connectivity index (χ4v) is 1.48. The molecule has 3 N–H and O–H groups in total. The van der Waals surface area contributed by atoms with E-state index in [1.54, 1.807) is 19.0 Å². The van der Waals surface area contributed by atoms with Crippen molar-refractivity contribution in [2.75, 3.05) is 33.7 Å². The van der Waals surface area contributed by atoms with Crippen LogP contribution < -0.4 is 11.2 Å². The van der Waals surface area contributed by atoms with Gasteiger partial charge in [-0.3, -0.25) is 19.4 Å². The average molecular weight is 284 g/mol. The van der Waals surface area contributed by atoms with Gasteiger partial charge in [0.15, 0.2) is 0 Å². The number of H-pyrrole nitrogens is 2. The number of carboxylic acids is 1. The van der Waals surface area contributed by atoms with Crippen molar-refractivity contribution in [1.29, 1.82) is 0 Å². The Balaban J connectivity index is 2.99. The summed E-state index contributed by atoms with van der Waals surface area (Å²) in [6, 6.07) is 0. The van der Waals surface area contributed by atoms with Crippen molar-refractivity contribution in [3.8, 4) is 0 Å². The minimum atomic E-state index is -1.18. The van der Waals surface area contributed by atoms with E-state index in [9.17, 15) is 19.2 Å². The Hall–Kier alpha value is -2.42. The van der Waals surface area contributed by atoms with Crippen molar-refractivity contribution in [1.82, 2.24) is 19.8 Å². The van der Waals surface area contributed by atoms with Crippen LogP contribution in [0.3, 0.4) is 0 Å². The molecule has 20 heavy (non-hydrogen) atoms. The van der Waals surface area contributed by atoms with E-state index in [0.717, 1.165) is 11.1 Å². The molecule has 0 unspecified atom stereocenters. The highest BCUT2D eigenvalue weighted by atomic mass is 16.4. The smallest absolute Gasteiger partial charge is 0.325 e. The first-order chi connectivity index (χ1) is 9.31. The normalized spacial score (nSPS) is 10.6. The van der Waals surface area contributed by atoms with E-state index < -0.39 is 29.7 Å². The predicted molar refractivity (Wildman–Crippen MR) is 69.8 cm³/mol. The van der Waals surface area contributed by atoms with Gasteiger partial charge in [0.2, 0.25) is 0 Å². The first kappa shape index (κ1) is 15.6. The van der Waals surface area contributed by atoms with Crippen LogP contribution in [0, 0.1) is 0 Å². The Morgan fingerprint density at radius 2 is 1.90 bits per heavy atom. The molecule has 0 aliphatic heterocycles. The number of rotatable bonds is 6. The standard InChI is InChI=1S/C11H16N4O5/c1-14(2)3-4-15(6-8(16)17)10(19)7-5-12-11(20)13-9(7)18/h5H,3-4,6H2,1-2H3,(H,16,17)(H2,12,13,18,20). The van der Waals surface area contributed by atoms with Crippen LogP contribution in [0.4, 0.5) is 0 Å². The van der Waals surface area contributed by atoms with Crippen molar-refractivity contribution in [3.63, 3.8) is 0 Å². The summed E-state index contributed by atoms with van der Waals surface area (Å²) in [6.07, 6.45) is 0.980. The van der Waals surface area contributed by atoms with Gasteiger partial charge < -0.3 is 19.9 Å². The van der Waals surface area contributed by atoms with E-state index in [-0.39, 0.29) is 12.1 Å². The molecule has 0 saturated carbocycles. The number of nitrogens with one attached hydrogen (secondary N) is 2. The lowest BCUT2D eigenvalue weighted by Crippen LogP contribution is -2.42. The number of nitrogens with zero attached hydrogens (tertiary/aromatic N) is 2. The Kier molecular flexibility index (Phi) is 5.21. The van der Waals surface area contributed by atoms with E-state index in [0.29, 0.717) is 6.54 Å². The van der Waals surface area contributed by atoms with Gasteiger partial charge in [0.25, 0.3) is 11.5 Å². The summed E-state index contributed by atoms with van der Waals surface area (Å²) in [6.45, 7) is 0.0716. The van der Waals surface area contributed by atoms with Crippen LogP contribution in [0.15, 0.2) is 15.8 Å². The maximum atomic E-state index is 12.1. The molecular formula is C11H16N4O5. The topological polar surface area (TPSA) is 127 Å². The lowest BCUT2D eigenvalue weighted by Gasteiger charge is -2.22. The molecule has 0 saturated heterocycles. The molecule has 1 heterocycles. The van der Waals surface area contributed by atoms with Crippen LogP contribution in [0.1, 0.15) is 10.4 Å². The largest absolute Gasteiger partial charge is 0.480 e. The average Bonchev–Trinajstić information content (AvgIpc) is 2.33. The number of aromatic amines is 2. The number of hydrogen-bond donors (Lipinski definition) is 3. The number of aromatic nitrogens is 2. The molecule has 0 radical (unpaired) electrons. The van der Waals surface area contributed by atoms with Gasteiger partial charge in [0.1, 0.15) is 12.1 Å². The van der Waals surface area contributed by atoms with Gasteiger partial charge in [-0.1, -0.05) is 0 Å². The van der Waals surface area contributed by atoms with Gasteiger partial charge in [-0.05, 0) is 14.1 Å². The highest BCUT2D eigenvalue weighted by Gasteiger charge is 2.21. The van der Waals surface area contributed by atoms with Gasteiger partial charge >= 0.3 is 11.7 Å². The maximum absolute atomic E-state index is 12.1. The number of likely N-dealkylation sites (N-methyl/N-ethyl adjacent to an activating group) is 1. The first-order valence-electron chi connectivity index (χ1n) is 5.79. The third-order valence-corrected chi connectivity index (χ3v) is 2.48. The fourth-order valence-electron chi connectivity index (χ4n) is 1.48. The van der Waals surface area contributed by atoms with Gasteiger partial charge in [0, 0.05) is 19.3 Å². The zero-order valence-corrected chi connectivity index (χ0v) is 11.2. The number of carbonyl (C=O) groups excluding carboxylic acids is 1. The summed E-state index contributed by atoms with van der Waals surface area (Å²) in [5.74, 6) is -1.93. The fraction of sp³-hybridized carbons (Fsp3) is 0.455. The Labute approximate surface area is 113 Å². The molecule has 1 aromatic rings. The summed E-state index contributed by atoms with van der Waals surface area (Å²) < 4.78 is 0. The van der Waals surface area contributed by atoms with Crippen molar-refractivity contribution in [2.45, 2.75) is 0 Å². The number of aliphatic carboxylic acids is 1. The SMILES string of the molecule is CN(C)CCN(CC(=O)O)C(=O)c1c[nH]c(=O)[nH]c1=O. The monoisotopic (exact) mass is 284 g/mol. The third-order valence-electron chi connectivity index (χ3n) is 2.48. The molecule has 1 aromatic heterocycles. The van der Waals surface area contributed by atoms with E-state index in [2.05, 4.69) is 4.98 Å². The lowest BCUT2D eigenvalue weighted by atomic mass is 10.2. The zero-order chi connectivity index (χ0) is 15.3. The van der Waals surface area contributed by atoms with Crippen LogP contribution in [-0.2, 0) is 4.79 Å². The van der Waals surface area contributed by atoms with Gasteiger partial charge in [-0.2, -0.15) is 0 Å². The van der Waals surface area contributed by atoms with E-state index in [1.807, 2.05) is 4.98 Å². The molecule has 1 amide bonds. The third kappa shape index (κ3) is 4.35. The summed E-state index contributed by atoms with van der Waals surface area (Å²) >= 11 is 0. The second kappa shape index (κ2) is 6.66. The molecule has 0 aliphatic carbocycles. The molecule has 9 nitrogen and oxygen atoms in total. The minimum absolute atomic E-state index is 0.150. The summed E-state index contributed by atoms with van der Waals surface area (Å²) in [5.41, 5.74) is -1.88. The van der Waals surface area contributed by atoms with Crippen LogP contribution in [0.2, 0.25) is 0 Å². The van der Waals surface area contributed by atoms with Gasteiger partial charge in [-0.15, -0.1) is 0 Å². The number of carbonyl (C=O) groups is 2. The first-order valence-corrected chi connectivity index (χ1v) is 5.79. The molecule has 110 valence electrons. The molecule has 9 heteroatoms. The van der Waals surface area contributed by atoms with Crippen molar-refractivity contribution in [2.24, 2.45) is 0 Å².